The smallest absolute Gasteiger partial charge is 0.341 e. The van der Waals surface area contributed by atoms with Crippen LogP contribution in [0.2, 0.25) is 5.02 Å². The molecule has 0 amide bonds. The summed E-state index contributed by atoms with van der Waals surface area (Å²) in [6.07, 6.45) is 0. The number of hydrogen-bond donors (Lipinski definition) is 0. The Labute approximate surface area is 137 Å². The topological polar surface area (TPSA) is 95.7 Å². The van der Waals surface area contributed by atoms with Gasteiger partial charge in [-0.15, -0.1) is 0 Å². The van der Waals surface area contributed by atoms with Gasteiger partial charge >= 0.3 is 15.8 Å². The maximum atomic E-state index is 12.4. The lowest BCUT2D eigenvalue weighted by Gasteiger charge is -2.10. The van der Waals surface area contributed by atoms with E-state index in [1.54, 1.807) is 6.92 Å². The summed E-state index contributed by atoms with van der Waals surface area (Å²) in [5.74, 6) is -0.130. The molecule has 122 valence electrons. The van der Waals surface area contributed by atoms with Gasteiger partial charge in [-0.1, -0.05) is 17.7 Å². The minimum absolute atomic E-state index is 0.0828. The van der Waals surface area contributed by atoms with E-state index < -0.39 is 20.7 Å². The van der Waals surface area contributed by atoms with Crippen LogP contribution in [0.15, 0.2) is 41.3 Å². The number of nitro benzene ring substituents is 1. The molecule has 0 aliphatic carbocycles. The van der Waals surface area contributed by atoms with Gasteiger partial charge in [0.25, 0.3) is 0 Å². The molecule has 0 spiro atoms. The lowest BCUT2D eigenvalue weighted by atomic mass is 10.2. The first-order valence-electron chi connectivity index (χ1n) is 6.27. The molecule has 7 nitrogen and oxygen atoms in total. The highest BCUT2D eigenvalue weighted by Gasteiger charge is 2.26. The second-order valence-corrected chi connectivity index (χ2v) is 6.48. The number of benzene rings is 2. The summed E-state index contributed by atoms with van der Waals surface area (Å²) in [6.45, 7) is 1.64. The Morgan fingerprint density at radius 1 is 1.17 bits per heavy atom. The van der Waals surface area contributed by atoms with E-state index in [4.69, 9.17) is 20.5 Å². The lowest BCUT2D eigenvalue weighted by Crippen LogP contribution is -2.11. The standard InChI is InChI=1S/C14H12ClNO6S/c1-9-3-6-13(12(7-9)16(17)18)22-23(19,20)14-8-10(21-2)4-5-11(14)15/h3-8H,1-2H3. The third-order valence-corrected chi connectivity index (χ3v) is 4.64. The van der Waals surface area contributed by atoms with Gasteiger partial charge in [-0.3, -0.25) is 10.1 Å². The summed E-state index contributed by atoms with van der Waals surface area (Å²) < 4.78 is 34.6. The third-order valence-electron chi connectivity index (χ3n) is 2.92. The quantitative estimate of drug-likeness (QED) is 0.462. The molecular weight excluding hydrogens is 346 g/mol. The van der Waals surface area contributed by atoms with Gasteiger partial charge in [0.2, 0.25) is 5.75 Å². The Kier molecular flexibility index (Phi) is 4.76. The van der Waals surface area contributed by atoms with Crippen LogP contribution in [0.5, 0.6) is 11.5 Å². The van der Waals surface area contributed by atoms with Gasteiger partial charge in [0.15, 0.2) is 0 Å². The monoisotopic (exact) mass is 357 g/mol. The van der Waals surface area contributed by atoms with Crippen molar-refractivity contribution in [3.8, 4) is 11.5 Å². The molecule has 23 heavy (non-hydrogen) atoms. The Balaban J connectivity index is 2.49. The molecule has 0 saturated carbocycles. The molecule has 2 aromatic rings. The van der Waals surface area contributed by atoms with Crippen molar-refractivity contribution >= 4 is 27.4 Å². The van der Waals surface area contributed by atoms with Crippen LogP contribution in [0.3, 0.4) is 0 Å². The Bertz CT molecular complexity index is 866. The van der Waals surface area contributed by atoms with Crippen molar-refractivity contribution in [3.05, 3.63) is 57.1 Å². The van der Waals surface area contributed by atoms with Crippen molar-refractivity contribution in [2.75, 3.05) is 7.11 Å². The fourth-order valence-corrected chi connectivity index (χ4v) is 3.24. The van der Waals surface area contributed by atoms with Crippen LogP contribution >= 0.6 is 11.6 Å². The van der Waals surface area contributed by atoms with Crippen LogP contribution in [0.25, 0.3) is 0 Å². The van der Waals surface area contributed by atoms with Crippen molar-refractivity contribution in [1.82, 2.24) is 0 Å². The third kappa shape index (κ3) is 3.72. The first-order valence-corrected chi connectivity index (χ1v) is 8.06. The van der Waals surface area contributed by atoms with Gasteiger partial charge in [0.1, 0.15) is 10.6 Å². The van der Waals surface area contributed by atoms with E-state index in [1.165, 1.54) is 43.5 Å². The number of nitro groups is 1. The highest BCUT2D eigenvalue weighted by Crippen LogP contribution is 2.33. The predicted molar refractivity (Wildman–Crippen MR) is 83.7 cm³/mol. The van der Waals surface area contributed by atoms with E-state index in [0.717, 1.165) is 0 Å². The lowest BCUT2D eigenvalue weighted by molar-refractivity contribution is -0.385. The minimum atomic E-state index is -4.36. The number of hydrogen-bond acceptors (Lipinski definition) is 6. The molecule has 9 heteroatoms. The van der Waals surface area contributed by atoms with E-state index in [9.17, 15) is 18.5 Å². The normalized spacial score (nSPS) is 11.1. The van der Waals surface area contributed by atoms with Crippen molar-refractivity contribution in [2.45, 2.75) is 11.8 Å². The van der Waals surface area contributed by atoms with Crippen LogP contribution in [-0.4, -0.2) is 20.5 Å². The highest BCUT2D eigenvalue weighted by atomic mass is 35.5. The molecule has 0 aliphatic heterocycles. The van der Waals surface area contributed by atoms with Crippen molar-refractivity contribution in [3.63, 3.8) is 0 Å². The Hall–Kier alpha value is -2.32. The van der Waals surface area contributed by atoms with Crippen LogP contribution in [0.4, 0.5) is 5.69 Å². The van der Waals surface area contributed by atoms with E-state index >= 15 is 0 Å². The van der Waals surface area contributed by atoms with Crippen molar-refractivity contribution in [1.29, 1.82) is 0 Å². The van der Waals surface area contributed by atoms with Crippen LogP contribution in [-0.2, 0) is 10.1 Å². The summed E-state index contributed by atoms with van der Waals surface area (Å²) in [7, 11) is -3.00. The van der Waals surface area contributed by atoms with E-state index in [2.05, 4.69) is 0 Å². The average molecular weight is 358 g/mol. The van der Waals surface area contributed by atoms with Crippen LogP contribution < -0.4 is 8.92 Å². The Morgan fingerprint density at radius 3 is 2.48 bits per heavy atom. The summed E-state index contributed by atoms with van der Waals surface area (Å²) in [6, 6.07) is 7.94. The van der Waals surface area contributed by atoms with Gasteiger partial charge in [-0.2, -0.15) is 8.42 Å². The number of aryl methyl sites for hydroxylation is 1. The molecule has 0 unspecified atom stereocenters. The van der Waals surface area contributed by atoms with Gasteiger partial charge in [0.05, 0.1) is 17.1 Å². The number of ether oxygens (including phenoxy) is 1. The van der Waals surface area contributed by atoms with E-state index in [1.807, 2.05) is 0 Å². The first-order chi connectivity index (χ1) is 10.7. The second kappa shape index (κ2) is 6.43. The summed E-state index contributed by atoms with van der Waals surface area (Å²) >= 11 is 5.88. The molecule has 0 saturated heterocycles. The maximum absolute atomic E-state index is 12.4. The number of nitrogens with zero attached hydrogens (tertiary/aromatic N) is 1. The zero-order valence-corrected chi connectivity index (χ0v) is 13.7. The van der Waals surface area contributed by atoms with Crippen LogP contribution in [0.1, 0.15) is 5.56 Å². The molecule has 2 aromatic carbocycles. The zero-order valence-electron chi connectivity index (χ0n) is 12.1. The summed E-state index contributed by atoms with van der Waals surface area (Å²) in [5, 5.41) is 11.0. The SMILES string of the molecule is COc1ccc(Cl)c(S(=O)(=O)Oc2ccc(C)cc2[N+](=O)[O-])c1. The molecule has 0 heterocycles. The fourth-order valence-electron chi connectivity index (χ4n) is 1.81. The molecule has 0 N–H and O–H groups in total. The Morgan fingerprint density at radius 2 is 1.87 bits per heavy atom. The highest BCUT2D eigenvalue weighted by molar-refractivity contribution is 7.87. The van der Waals surface area contributed by atoms with Gasteiger partial charge < -0.3 is 8.92 Å². The van der Waals surface area contributed by atoms with E-state index in [-0.39, 0.29) is 21.4 Å². The van der Waals surface area contributed by atoms with Gasteiger partial charge in [-0.05, 0) is 30.7 Å². The summed E-state index contributed by atoms with van der Waals surface area (Å²) in [5.41, 5.74) is 0.147. The fraction of sp³-hybridized carbons (Fsp3) is 0.143. The minimum Gasteiger partial charge on any atom is -0.497 e. The maximum Gasteiger partial charge on any atom is 0.341 e. The predicted octanol–water partition coefficient (Wildman–Crippen LogP) is 3.33. The van der Waals surface area contributed by atoms with Crippen molar-refractivity contribution < 1.29 is 22.3 Å². The second-order valence-electron chi connectivity index (χ2n) is 4.56. The summed E-state index contributed by atoms with van der Waals surface area (Å²) in [4.78, 5) is 9.99. The molecule has 2 rings (SSSR count). The largest absolute Gasteiger partial charge is 0.497 e. The molecule has 0 radical (unpaired) electrons. The molecule has 0 atom stereocenters. The number of halogens is 1. The van der Waals surface area contributed by atoms with Crippen LogP contribution in [0, 0.1) is 17.0 Å². The molecule has 0 aliphatic rings. The number of rotatable bonds is 5. The first kappa shape index (κ1) is 17.0. The number of methoxy groups -OCH3 is 1. The molecule has 0 aromatic heterocycles. The zero-order chi connectivity index (χ0) is 17.2. The molecule has 0 fully saturated rings. The molecular formula is C14H12ClNO6S. The van der Waals surface area contributed by atoms with E-state index in [0.29, 0.717) is 5.56 Å². The molecule has 0 bridgehead atoms. The van der Waals surface area contributed by atoms with Gasteiger partial charge in [-0.25, -0.2) is 0 Å². The van der Waals surface area contributed by atoms with Gasteiger partial charge in [0, 0.05) is 12.1 Å². The average Bonchev–Trinajstić information content (AvgIpc) is 2.49. The van der Waals surface area contributed by atoms with Crippen molar-refractivity contribution in [2.24, 2.45) is 0 Å².